The van der Waals surface area contributed by atoms with Crippen LogP contribution >= 0.6 is 33.9 Å². The lowest BCUT2D eigenvalue weighted by Gasteiger charge is -2.09. The molecule has 1 aromatic carbocycles. The summed E-state index contributed by atoms with van der Waals surface area (Å²) in [6.45, 7) is 4.03. The number of nitrogens with zero attached hydrogens (tertiary/aromatic N) is 1. The molecular weight excluding hydrogens is 456 g/mol. The summed E-state index contributed by atoms with van der Waals surface area (Å²) in [6.07, 6.45) is 1.73. The zero-order valence-corrected chi connectivity index (χ0v) is 16.5. The Bertz CT molecular complexity index is 945. The van der Waals surface area contributed by atoms with Crippen molar-refractivity contribution in [2.45, 2.75) is 13.8 Å². The predicted molar refractivity (Wildman–Crippen MR) is 106 cm³/mol. The van der Waals surface area contributed by atoms with Crippen molar-refractivity contribution in [2.75, 3.05) is 11.9 Å². The number of pyridine rings is 1. The first-order valence-electron chi connectivity index (χ1n) is 7.53. The standard InChI is InChI=1S/C17H15FIN3O2S/c1-3-24-22-15(23)14-11-6-9(2)8-20-16(11)25-17(14)21-13-5-4-10(19)7-12(13)18/h4-8,21H,3H2,1-2H3,(H,22,23). The Hall–Kier alpha value is -1.78. The van der Waals surface area contributed by atoms with E-state index in [1.165, 1.54) is 17.4 Å². The van der Waals surface area contributed by atoms with Gasteiger partial charge in [0.25, 0.3) is 5.91 Å². The normalized spacial score (nSPS) is 10.9. The van der Waals surface area contributed by atoms with Crippen LogP contribution < -0.4 is 10.8 Å². The quantitative estimate of drug-likeness (QED) is 0.416. The summed E-state index contributed by atoms with van der Waals surface area (Å²) in [7, 11) is 0. The van der Waals surface area contributed by atoms with E-state index in [9.17, 15) is 9.18 Å². The molecule has 25 heavy (non-hydrogen) atoms. The van der Waals surface area contributed by atoms with Gasteiger partial charge in [-0.15, -0.1) is 0 Å². The van der Waals surface area contributed by atoms with E-state index in [4.69, 9.17) is 4.84 Å². The second-order valence-electron chi connectivity index (χ2n) is 5.28. The molecule has 8 heteroatoms. The van der Waals surface area contributed by atoms with Gasteiger partial charge >= 0.3 is 0 Å². The topological polar surface area (TPSA) is 63.2 Å². The molecule has 3 rings (SSSR count). The number of anilines is 2. The molecule has 3 aromatic rings. The van der Waals surface area contributed by atoms with Gasteiger partial charge in [0.15, 0.2) is 0 Å². The molecule has 0 unspecified atom stereocenters. The second-order valence-corrected chi connectivity index (χ2v) is 7.53. The molecule has 0 aliphatic rings. The molecule has 130 valence electrons. The zero-order chi connectivity index (χ0) is 18.0. The van der Waals surface area contributed by atoms with Crippen LogP contribution in [0.1, 0.15) is 22.8 Å². The summed E-state index contributed by atoms with van der Waals surface area (Å²) < 4.78 is 15.0. The maximum absolute atomic E-state index is 14.2. The SMILES string of the molecule is CCONC(=O)c1c(Nc2ccc(I)cc2F)sc2ncc(C)cc12. The van der Waals surface area contributed by atoms with Gasteiger partial charge in [-0.25, -0.2) is 14.9 Å². The minimum Gasteiger partial charge on any atom is -0.344 e. The fraction of sp³-hybridized carbons (Fsp3) is 0.176. The van der Waals surface area contributed by atoms with Gasteiger partial charge in [0.1, 0.15) is 15.6 Å². The lowest BCUT2D eigenvalue weighted by Crippen LogP contribution is -2.24. The van der Waals surface area contributed by atoms with Crippen molar-refractivity contribution in [2.24, 2.45) is 0 Å². The summed E-state index contributed by atoms with van der Waals surface area (Å²) in [6, 6.07) is 6.75. The number of hydrogen-bond donors (Lipinski definition) is 2. The number of halogens is 2. The molecular formula is C17H15FIN3O2S. The Balaban J connectivity index is 2.08. The fourth-order valence-corrected chi connectivity index (χ4v) is 3.79. The molecule has 0 bridgehead atoms. The monoisotopic (exact) mass is 471 g/mol. The summed E-state index contributed by atoms with van der Waals surface area (Å²) in [5, 5.41) is 4.24. The molecule has 2 heterocycles. The summed E-state index contributed by atoms with van der Waals surface area (Å²) in [4.78, 5) is 22.6. The minimum absolute atomic E-state index is 0.300. The first-order chi connectivity index (χ1) is 12.0. The molecule has 0 radical (unpaired) electrons. The number of amides is 1. The Labute approximate surface area is 161 Å². The molecule has 2 aromatic heterocycles. The molecule has 1 amide bonds. The Morgan fingerprint density at radius 2 is 2.20 bits per heavy atom. The third-order valence-electron chi connectivity index (χ3n) is 3.40. The molecule has 0 saturated carbocycles. The molecule has 0 aliphatic heterocycles. The molecule has 5 nitrogen and oxygen atoms in total. The molecule has 2 N–H and O–H groups in total. The van der Waals surface area contributed by atoms with Gasteiger partial charge in [-0.1, -0.05) is 11.3 Å². The zero-order valence-electron chi connectivity index (χ0n) is 13.5. The van der Waals surface area contributed by atoms with Crippen LogP contribution in [-0.2, 0) is 4.84 Å². The summed E-state index contributed by atoms with van der Waals surface area (Å²) >= 11 is 3.34. The molecule has 0 spiro atoms. The molecule has 0 atom stereocenters. The van der Waals surface area contributed by atoms with Gasteiger partial charge in [0, 0.05) is 15.2 Å². The second kappa shape index (κ2) is 7.63. The van der Waals surface area contributed by atoms with Crippen LogP contribution in [0.4, 0.5) is 15.1 Å². The number of hydroxylamine groups is 1. The highest BCUT2D eigenvalue weighted by molar-refractivity contribution is 14.1. The van der Waals surface area contributed by atoms with Crippen LogP contribution in [0.15, 0.2) is 30.5 Å². The van der Waals surface area contributed by atoms with Crippen LogP contribution in [0.5, 0.6) is 0 Å². The van der Waals surface area contributed by atoms with Crippen molar-refractivity contribution in [3.05, 3.63) is 51.0 Å². The van der Waals surface area contributed by atoms with E-state index in [1.54, 1.807) is 25.3 Å². The van der Waals surface area contributed by atoms with Crippen molar-refractivity contribution in [1.29, 1.82) is 0 Å². The van der Waals surface area contributed by atoms with Crippen LogP contribution in [0.25, 0.3) is 10.2 Å². The van der Waals surface area contributed by atoms with E-state index >= 15 is 0 Å². The van der Waals surface area contributed by atoms with Crippen LogP contribution in [-0.4, -0.2) is 17.5 Å². The Kier molecular flexibility index (Phi) is 5.50. The van der Waals surface area contributed by atoms with Crippen LogP contribution in [0.3, 0.4) is 0 Å². The number of aromatic nitrogens is 1. The van der Waals surface area contributed by atoms with Gasteiger partial charge in [-0.3, -0.25) is 9.63 Å². The van der Waals surface area contributed by atoms with Crippen molar-refractivity contribution in [3.63, 3.8) is 0 Å². The van der Waals surface area contributed by atoms with Crippen molar-refractivity contribution < 1.29 is 14.0 Å². The maximum atomic E-state index is 14.2. The first kappa shape index (κ1) is 18.0. The lowest BCUT2D eigenvalue weighted by molar-refractivity contribution is 0.0367. The number of hydrogen-bond acceptors (Lipinski definition) is 5. The smallest absolute Gasteiger partial charge is 0.278 e. The summed E-state index contributed by atoms with van der Waals surface area (Å²) in [5.41, 5.74) is 4.03. The average Bonchev–Trinajstić information content (AvgIpc) is 2.92. The van der Waals surface area contributed by atoms with Crippen molar-refractivity contribution in [3.8, 4) is 0 Å². The first-order valence-corrected chi connectivity index (χ1v) is 9.42. The van der Waals surface area contributed by atoms with Gasteiger partial charge < -0.3 is 5.32 Å². The number of fused-ring (bicyclic) bond motifs is 1. The number of carbonyl (C=O) groups is 1. The fourth-order valence-electron chi connectivity index (χ4n) is 2.30. The third kappa shape index (κ3) is 3.91. The number of benzene rings is 1. The van der Waals surface area contributed by atoms with Gasteiger partial charge in [-0.2, -0.15) is 0 Å². The van der Waals surface area contributed by atoms with E-state index in [0.29, 0.717) is 33.1 Å². The lowest BCUT2D eigenvalue weighted by atomic mass is 10.1. The highest BCUT2D eigenvalue weighted by Crippen LogP contribution is 2.37. The third-order valence-corrected chi connectivity index (χ3v) is 5.10. The number of aryl methyl sites for hydroxylation is 1. The number of nitrogens with one attached hydrogen (secondary N) is 2. The van der Waals surface area contributed by atoms with Gasteiger partial charge in [0.2, 0.25) is 0 Å². The maximum Gasteiger partial charge on any atom is 0.278 e. The number of rotatable bonds is 5. The predicted octanol–water partition coefficient (Wildman–Crippen LogP) is 4.77. The number of carbonyl (C=O) groups excluding carboxylic acids is 1. The van der Waals surface area contributed by atoms with Crippen molar-refractivity contribution in [1.82, 2.24) is 10.5 Å². The minimum atomic E-state index is -0.395. The number of thiophene rings is 1. The highest BCUT2D eigenvalue weighted by atomic mass is 127. The largest absolute Gasteiger partial charge is 0.344 e. The molecule has 0 fully saturated rings. The Morgan fingerprint density at radius 3 is 2.92 bits per heavy atom. The van der Waals surface area contributed by atoms with Crippen LogP contribution in [0, 0.1) is 16.3 Å². The van der Waals surface area contributed by atoms with E-state index < -0.39 is 5.91 Å². The Morgan fingerprint density at radius 1 is 1.40 bits per heavy atom. The van der Waals surface area contributed by atoms with Crippen LogP contribution in [0.2, 0.25) is 0 Å². The molecule has 0 saturated heterocycles. The summed E-state index contributed by atoms with van der Waals surface area (Å²) in [5.74, 6) is -0.779. The van der Waals surface area contributed by atoms with E-state index in [1.807, 2.05) is 35.6 Å². The molecule has 0 aliphatic carbocycles. The van der Waals surface area contributed by atoms with E-state index in [-0.39, 0.29) is 5.82 Å². The average molecular weight is 471 g/mol. The highest BCUT2D eigenvalue weighted by Gasteiger charge is 2.21. The van der Waals surface area contributed by atoms with E-state index in [2.05, 4.69) is 15.8 Å². The van der Waals surface area contributed by atoms with Gasteiger partial charge in [0.05, 0.1) is 17.9 Å². The van der Waals surface area contributed by atoms with Crippen molar-refractivity contribution >= 4 is 60.7 Å². The van der Waals surface area contributed by atoms with E-state index in [0.717, 1.165) is 9.13 Å². The van der Waals surface area contributed by atoms with Gasteiger partial charge in [-0.05, 0) is 66.3 Å².